The maximum absolute atomic E-state index is 10.8. The van der Waals surface area contributed by atoms with Crippen LogP contribution in [0, 0.1) is 11.3 Å². The summed E-state index contributed by atoms with van der Waals surface area (Å²) in [5, 5.41) is 0. The molecule has 1 fully saturated rings. The molecule has 0 aromatic rings. The van der Waals surface area contributed by atoms with Gasteiger partial charge in [-0.05, 0) is 37.2 Å². The van der Waals surface area contributed by atoms with Crippen LogP contribution in [0.5, 0.6) is 0 Å². The summed E-state index contributed by atoms with van der Waals surface area (Å²) in [6.07, 6.45) is 9.05. The molecule has 0 N–H and O–H groups in total. The van der Waals surface area contributed by atoms with Gasteiger partial charge in [-0.25, -0.2) is 0 Å². The second-order valence-electron chi connectivity index (χ2n) is 4.81. The molecule has 0 saturated heterocycles. The molecule has 0 amide bonds. The monoisotopic (exact) mass is 180 g/mol. The summed E-state index contributed by atoms with van der Waals surface area (Å²) < 4.78 is 0. The van der Waals surface area contributed by atoms with Crippen LogP contribution >= 0.6 is 0 Å². The third-order valence-electron chi connectivity index (χ3n) is 3.15. The van der Waals surface area contributed by atoms with Gasteiger partial charge in [-0.2, -0.15) is 0 Å². The van der Waals surface area contributed by atoms with E-state index in [1.54, 1.807) is 13.0 Å². The lowest BCUT2D eigenvalue weighted by atomic mass is 9.69. The van der Waals surface area contributed by atoms with Gasteiger partial charge >= 0.3 is 0 Å². The molecule has 1 nitrogen and oxygen atoms in total. The fourth-order valence-electron chi connectivity index (χ4n) is 2.13. The smallest absolute Gasteiger partial charge is 0.152 e. The number of ketones is 1. The molecular weight excluding hydrogens is 160 g/mol. The van der Waals surface area contributed by atoms with Gasteiger partial charge in [0.05, 0.1) is 0 Å². The van der Waals surface area contributed by atoms with Crippen molar-refractivity contribution in [3.8, 4) is 0 Å². The lowest BCUT2D eigenvalue weighted by Crippen LogP contribution is -2.26. The summed E-state index contributed by atoms with van der Waals surface area (Å²) >= 11 is 0. The number of carbonyl (C=O) groups is 1. The van der Waals surface area contributed by atoms with Crippen molar-refractivity contribution in [3.05, 3.63) is 12.2 Å². The van der Waals surface area contributed by atoms with Crippen LogP contribution < -0.4 is 0 Å². The fourth-order valence-corrected chi connectivity index (χ4v) is 2.13. The molecule has 74 valence electrons. The third-order valence-corrected chi connectivity index (χ3v) is 3.15. The number of allylic oxidation sites excluding steroid dienone is 2. The normalized spacial score (nSPS) is 27.8. The van der Waals surface area contributed by atoms with E-state index in [1.807, 2.05) is 0 Å². The van der Waals surface area contributed by atoms with Crippen LogP contribution in [0.2, 0.25) is 0 Å². The first-order chi connectivity index (χ1) is 6.02. The number of hydrogen-bond acceptors (Lipinski definition) is 1. The van der Waals surface area contributed by atoms with Crippen LogP contribution in [0.25, 0.3) is 0 Å². The molecule has 1 heteroatoms. The molecule has 0 radical (unpaired) electrons. The molecule has 0 aliphatic heterocycles. The van der Waals surface area contributed by atoms with Gasteiger partial charge < -0.3 is 0 Å². The second kappa shape index (κ2) is 4.08. The lowest BCUT2D eigenvalue weighted by molar-refractivity contribution is -0.112. The summed E-state index contributed by atoms with van der Waals surface area (Å²) in [5.41, 5.74) is 0.393. The van der Waals surface area contributed by atoms with E-state index in [0.717, 1.165) is 0 Å². The average molecular weight is 180 g/mol. The maximum Gasteiger partial charge on any atom is 0.152 e. The Morgan fingerprint density at radius 1 is 1.38 bits per heavy atom. The largest absolute Gasteiger partial charge is 0.295 e. The molecule has 1 atom stereocenters. The third kappa shape index (κ3) is 2.98. The first kappa shape index (κ1) is 10.5. The Labute approximate surface area is 81.2 Å². The maximum atomic E-state index is 10.8. The molecule has 1 aliphatic carbocycles. The highest BCUT2D eigenvalue weighted by atomic mass is 16.1. The minimum Gasteiger partial charge on any atom is -0.295 e. The van der Waals surface area contributed by atoms with Crippen molar-refractivity contribution >= 4 is 5.78 Å². The summed E-state index contributed by atoms with van der Waals surface area (Å²) in [5.74, 6) is 0.770. The van der Waals surface area contributed by atoms with Crippen LogP contribution in [0.1, 0.15) is 46.5 Å². The van der Waals surface area contributed by atoms with Crippen molar-refractivity contribution in [2.75, 3.05) is 0 Å². The molecule has 1 rings (SSSR count). The number of carbonyl (C=O) groups excluding carboxylic acids is 1. The van der Waals surface area contributed by atoms with E-state index in [4.69, 9.17) is 0 Å². The zero-order chi connectivity index (χ0) is 9.90. The van der Waals surface area contributed by atoms with E-state index >= 15 is 0 Å². The van der Waals surface area contributed by atoms with E-state index in [1.165, 1.54) is 25.7 Å². The summed E-state index contributed by atoms with van der Waals surface area (Å²) in [6, 6.07) is 0. The van der Waals surface area contributed by atoms with Crippen molar-refractivity contribution in [1.29, 1.82) is 0 Å². The fraction of sp³-hybridized carbons (Fsp3) is 0.750. The van der Waals surface area contributed by atoms with Crippen LogP contribution in [-0.2, 0) is 4.79 Å². The summed E-state index contributed by atoms with van der Waals surface area (Å²) in [6.45, 7) is 6.23. The average Bonchev–Trinajstić information content (AvgIpc) is 2.01. The van der Waals surface area contributed by atoms with Gasteiger partial charge in [-0.3, -0.25) is 4.79 Å². The SMILES string of the molecule is CC(=O)C=CC1CCCCC1(C)C. The molecule has 0 spiro atoms. The topological polar surface area (TPSA) is 17.1 Å². The van der Waals surface area contributed by atoms with Crippen molar-refractivity contribution in [2.45, 2.75) is 46.5 Å². The zero-order valence-electron chi connectivity index (χ0n) is 8.97. The van der Waals surface area contributed by atoms with Crippen LogP contribution in [0.3, 0.4) is 0 Å². The zero-order valence-corrected chi connectivity index (χ0v) is 8.97. The highest BCUT2D eigenvalue weighted by Gasteiger charge is 2.29. The Morgan fingerprint density at radius 2 is 2.08 bits per heavy atom. The Balaban J connectivity index is 2.61. The lowest BCUT2D eigenvalue weighted by Gasteiger charge is -2.36. The molecule has 0 heterocycles. The van der Waals surface area contributed by atoms with Gasteiger partial charge in [0, 0.05) is 0 Å². The first-order valence-electron chi connectivity index (χ1n) is 5.21. The molecular formula is C12H20O. The molecule has 13 heavy (non-hydrogen) atoms. The van der Waals surface area contributed by atoms with Crippen LogP contribution in [0.15, 0.2) is 12.2 Å². The van der Waals surface area contributed by atoms with Crippen molar-refractivity contribution < 1.29 is 4.79 Å². The summed E-state index contributed by atoms with van der Waals surface area (Å²) in [4.78, 5) is 10.8. The number of hydrogen-bond donors (Lipinski definition) is 0. The van der Waals surface area contributed by atoms with Gasteiger partial charge in [-0.15, -0.1) is 0 Å². The van der Waals surface area contributed by atoms with Gasteiger partial charge in [0.2, 0.25) is 0 Å². The van der Waals surface area contributed by atoms with Gasteiger partial charge in [0.25, 0.3) is 0 Å². The Morgan fingerprint density at radius 3 is 2.62 bits per heavy atom. The van der Waals surface area contributed by atoms with Crippen molar-refractivity contribution in [2.24, 2.45) is 11.3 Å². The quantitative estimate of drug-likeness (QED) is 0.596. The van der Waals surface area contributed by atoms with Crippen molar-refractivity contribution in [1.82, 2.24) is 0 Å². The van der Waals surface area contributed by atoms with E-state index in [9.17, 15) is 4.79 Å². The predicted octanol–water partition coefficient (Wildman–Crippen LogP) is 3.35. The highest BCUT2D eigenvalue weighted by Crippen LogP contribution is 2.41. The van der Waals surface area contributed by atoms with Gasteiger partial charge in [0.1, 0.15) is 0 Å². The molecule has 1 saturated carbocycles. The Hall–Kier alpha value is -0.590. The minimum atomic E-state index is 0.168. The standard InChI is InChI=1S/C12H20O/c1-10(13)7-8-11-6-4-5-9-12(11,2)3/h7-8,11H,4-6,9H2,1-3H3. The molecule has 0 bridgehead atoms. The summed E-state index contributed by atoms with van der Waals surface area (Å²) in [7, 11) is 0. The predicted molar refractivity (Wildman–Crippen MR) is 55.6 cm³/mol. The van der Waals surface area contributed by atoms with Crippen LogP contribution in [-0.4, -0.2) is 5.78 Å². The van der Waals surface area contributed by atoms with Gasteiger partial charge in [0.15, 0.2) is 5.78 Å². The van der Waals surface area contributed by atoms with E-state index in [-0.39, 0.29) is 5.78 Å². The second-order valence-corrected chi connectivity index (χ2v) is 4.81. The van der Waals surface area contributed by atoms with E-state index in [0.29, 0.717) is 11.3 Å². The molecule has 0 aromatic carbocycles. The first-order valence-corrected chi connectivity index (χ1v) is 5.21. The van der Waals surface area contributed by atoms with Crippen LogP contribution in [0.4, 0.5) is 0 Å². The van der Waals surface area contributed by atoms with Crippen molar-refractivity contribution in [3.63, 3.8) is 0 Å². The molecule has 1 unspecified atom stereocenters. The minimum absolute atomic E-state index is 0.168. The Bertz CT molecular complexity index is 213. The molecule has 1 aliphatic rings. The van der Waals surface area contributed by atoms with E-state index in [2.05, 4.69) is 19.9 Å². The number of rotatable bonds is 2. The highest BCUT2D eigenvalue weighted by molar-refractivity contribution is 5.87. The molecule has 0 aromatic heterocycles. The Kier molecular flexibility index (Phi) is 3.29. The van der Waals surface area contributed by atoms with Gasteiger partial charge in [-0.1, -0.05) is 32.8 Å². The van der Waals surface area contributed by atoms with E-state index < -0.39 is 0 Å².